The first-order valence-electron chi connectivity index (χ1n) is 18.0. The Morgan fingerprint density at radius 3 is 1.67 bits per heavy atom. The summed E-state index contributed by atoms with van der Waals surface area (Å²) in [5, 5.41) is 19.0. The molecule has 5 atom stereocenters. The zero-order valence-corrected chi connectivity index (χ0v) is 31.6. The Labute approximate surface area is 320 Å². The maximum atomic E-state index is 14.8. The lowest BCUT2D eigenvalue weighted by Gasteiger charge is -2.40. The first-order chi connectivity index (χ1) is 25.8. The van der Waals surface area contributed by atoms with Crippen LogP contribution in [0.5, 0.6) is 0 Å². The number of carboxylic acids is 2. The molecule has 0 saturated carbocycles. The van der Waals surface area contributed by atoms with E-state index in [9.17, 15) is 48.6 Å². The van der Waals surface area contributed by atoms with Crippen molar-refractivity contribution in [2.75, 3.05) is 31.9 Å². The van der Waals surface area contributed by atoms with E-state index in [0.717, 1.165) is 9.80 Å². The van der Waals surface area contributed by atoms with Gasteiger partial charge in [-0.05, 0) is 69.7 Å². The molecule has 4 aliphatic rings. The van der Waals surface area contributed by atoms with Crippen LogP contribution in [0.3, 0.4) is 0 Å². The van der Waals surface area contributed by atoms with Gasteiger partial charge in [-0.3, -0.25) is 38.6 Å². The zero-order chi connectivity index (χ0) is 38.9. The van der Waals surface area contributed by atoms with Crippen LogP contribution >= 0.6 is 21.6 Å². The number of amides is 6. The number of hydrogen-bond acceptors (Lipinski definition) is 10. The van der Waals surface area contributed by atoms with Crippen LogP contribution in [0.2, 0.25) is 0 Å². The van der Waals surface area contributed by atoms with Gasteiger partial charge in [0.2, 0.25) is 11.8 Å². The molecule has 14 nitrogen and oxygen atoms in total. The molecule has 0 radical (unpaired) electrons. The van der Waals surface area contributed by atoms with Crippen LogP contribution in [0, 0.1) is 11.3 Å². The quantitative estimate of drug-likeness (QED) is 0.196. The van der Waals surface area contributed by atoms with Crippen LogP contribution in [0.25, 0.3) is 0 Å². The number of imide groups is 2. The standard InChI is InChI=1S/C38H42N4O10S2/c1-22(30(43)39-17-7-13-27(39)35(48)49)21-53-54-29(15-19-41-31(44)23-9-3-4-10-24(23)32(41)45)38(2,37(52)40-18-8-14-28(40)36(50)51)16-20-42-33(46)25-11-5-6-12-26(25)34(42)47/h3-6,9-12,22,27-29H,7-8,13-21H2,1-2H3,(H,48,49)(H,50,51)/t22-,27+,28+,29?,38-/m1/s1. The maximum absolute atomic E-state index is 14.8. The normalized spacial score (nSPS) is 21.7. The maximum Gasteiger partial charge on any atom is 0.326 e. The largest absolute Gasteiger partial charge is 0.480 e. The van der Waals surface area contributed by atoms with Crippen molar-refractivity contribution in [2.24, 2.45) is 11.3 Å². The minimum Gasteiger partial charge on any atom is -0.480 e. The summed E-state index contributed by atoms with van der Waals surface area (Å²) in [6.45, 7) is 3.66. The number of benzene rings is 2. The molecule has 2 aromatic rings. The van der Waals surface area contributed by atoms with E-state index in [1.807, 2.05) is 0 Å². The molecule has 4 aliphatic heterocycles. The molecule has 0 aromatic heterocycles. The van der Waals surface area contributed by atoms with Gasteiger partial charge in [-0.15, -0.1) is 0 Å². The zero-order valence-electron chi connectivity index (χ0n) is 30.0. The molecule has 1 unspecified atom stereocenters. The number of fused-ring (bicyclic) bond motifs is 2. The summed E-state index contributed by atoms with van der Waals surface area (Å²) in [4.78, 5) is 111. The Kier molecular flexibility index (Phi) is 11.5. The summed E-state index contributed by atoms with van der Waals surface area (Å²) in [6, 6.07) is 10.9. The van der Waals surface area contributed by atoms with E-state index < -0.39 is 70.1 Å². The topological polar surface area (TPSA) is 190 Å². The fourth-order valence-electron chi connectivity index (χ4n) is 7.81. The summed E-state index contributed by atoms with van der Waals surface area (Å²) in [6.07, 6.45) is 1.71. The van der Waals surface area contributed by atoms with Gasteiger partial charge in [0.1, 0.15) is 12.1 Å². The fraction of sp³-hybridized carbons (Fsp3) is 0.474. The van der Waals surface area contributed by atoms with Crippen molar-refractivity contribution in [1.82, 2.24) is 19.6 Å². The van der Waals surface area contributed by atoms with E-state index in [2.05, 4.69) is 0 Å². The van der Waals surface area contributed by atoms with Gasteiger partial charge >= 0.3 is 11.9 Å². The van der Waals surface area contributed by atoms with E-state index in [4.69, 9.17) is 0 Å². The molecule has 6 amide bonds. The van der Waals surface area contributed by atoms with E-state index in [1.54, 1.807) is 62.4 Å². The summed E-state index contributed by atoms with van der Waals surface area (Å²) < 4.78 is 0. The van der Waals surface area contributed by atoms with Crippen LogP contribution in [-0.4, -0.2) is 126 Å². The van der Waals surface area contributed by atoms with Crippen molar-refractivity contribution in [2.45, 2.75) is 69.7 Å². The molecule has 2 N–H and O–H groups in total. The van der Waals surface area contributed by atoms with Gasteiger partial charge in [-0.2, -0.15) is 0 Å². The molecule has 0 spiro atoms. The van der Waals surface area contributed by atoms with E-state index in [0.29, 0.717) is 25.8 Å². The second-order valence-corrected chi connectivity index (χ2v) is 17.0. The number of rotatable bonds is 15. The Bertz CT molecular complexity index is 1840. The van der Waals surface area contributed by atoms with Crippen molar-refractivity contribution in [3.8, 4) is 0 Å². The number of aliphatic carboxylic acids is 2. The third kappa shape index (κ3) is 7.25. The lowest BCUT2D eigenvalue weighted by atomic mass is 9.79. The average Bonchev–Trinajstić information content (AvgIpc) is 3.95. The van der Waals surface area contributed by atoms with Crippen LogP contribution in [0.1, 0.15) is 93.8 Å². The first-order valence-corrected chi connectivity index (χ1v) is 20.4. The van der Waals surface area contributed by atoms with Crippen LogP contribution in [-0.2, 0) is 19.2 Å². The van der Waals surface area contributed by atoms with E-state index in [-0.39, 0.29) is 72.8 Å². The highest BCUT2D eigenvalue weighted by Crippen LogP contribution is 2.46. The average molecular weight is 779 g/mol. The molecule has 6 rings (SSSR count). The highest BCUT2D eigenvalue weighted by Gasteiger charge is 2.50. The van der Waals surface area contributed by atoms with Gasteiger partial charge in [0.05, 0.1) is 27.7 Å². The number of hydrogen-bond donors (Lipinski definition) is 2. The number of nitrogens with zero attached hydrogens (tertiary/aromatic N) is 4. The van der Waals surface area contributed by atoms with E-state index in [1.165, 1.54) is 31.4 Å². The Balaban J connectivity index is 1.28. The minimum atomic E-state index is -1.43. The smallest absolute Gasteiger partial charge is 0.326 e. The SMILES string of the molecule is C[C@H](CSSC(CCN1C(=O)c2ccccc2C1=O)[C@@](C)(CCN1C(=O)c2ccccc2C1=O)C(=O)N1CCC[C@H]1C(=O)O)C(=O)N1CCC[C@H]1C(=O)O. The predicted octanol–water partition coefficient (Wildman–Crippen LogP) is 3.90. The molecule has 4 heterocycles. The lowest BCUT2D eigenvalue weighted by molar-refractivity contribution is -0.153. The van der Waals surface area contributed by atoms with Crippen LogP contribution < -0.4 is 0 Å². The van der Waals surface area contributed by atoms with Crippen molar-refractivity contribution < 1.29 is 48.6 Å². The summed E-state index contributed by atoms with van der Waals surface area (Å²) in [5.74, 6) is -5.32. The summed E-state index contributed by atoms with van der Waals surface area (Å²) >= 11 is 0. The molecule has 54 heavy (non-hydrogen) atoms. The molecule has 286 valence electrons. The first kappa shape index (κ1) is 39.0. The molecule has 0 aliphatic carbocycles. The summed E-state index contributed by atoms with van der Waals surface area (Å²) in [5.41, 5.74) is -0.410. The predicted molar refractivity (Wildman–Crippen MR) is 199 cm³/mol. The molecular formula is C38H42N4O10S2. The molecule has 16 heteroatoms. The van der Waals surface area contributed by atoms with Crippen LogP contribution in [0.4, 0.5) is 0 Å². The monoisotopic (exact) mass is 778 g/mol. The molecule has 0 bridgehead atoms. The second-order valence-electron chi connectivity index (χ2n) is 14.4. The van der Waals surface area contributed by atoms with Crippen molar-refractivity contribution in [3.63, 3.8) is 0 Å². The number of carboxylic acid groups (broad SMARTS) is 2. The van der Waals surface area contributed by atoms with Gasteiger partial charge in [0.15, 0.2) is 0 Å². The highest BCUT2D eigenvalue weighted by molar-refractivity contribution is 8.77. The Hall–Kier alpha value is -4.70. The molecule has 2 saturated heterocycles. The van der Waals surface area contributed by atoms with Gasteiger partial charge in [0, 0.05) is 43.1 Å². The minimum absolute atomic E-state index is 0.0525. The number of carbonyl (C=O) groups excluding carboxylic acids is 6. The Morgan fingerprint density at radius 1 is 0.741 bits per heavy atom. The second kappa shape index (κ2) is 16.0. The Morgan fingerprint density at radius 2 is 1.19 bits per heavy atom. The summed E-state index contributed by atoms with van der Waals surface area (Å²) in [7, 11) is 2.54. The van der Waals surface area contributed by atoms with Gasteiger partial charge in [0.25, 0.3) is 23.6 Å². The van der Waals surface area contributed by atoms with Gasteiger partial charge in [-0.1, -0.05) is 52.8 Å². The number of likely N-dealkylation sites (tertiary alicyclic amines) is 2. The van der Waals surface area contributed by atoms with Crippen molar-refractivity contribution >= 4 is 69.0 Å². The van der Waals surface area contributed by atoms with Gasteiger partial charge in [-0.25, -0.2) is 9.59 Å². The third-order valence-electron chi connectivity index (χ3n) is 11.0. The number of carbonyl (C=O) groups is 8. The van der Waals surface area contributed by atoms with Crippen molar-refractivity contribution in [1.29, 1.82) is 0 Å². The fourth-order valence-corrected chi connectivity index (χ4v) is 11.3. The highest BCUT2D eigenvalue weighted by atomic mass is 33.1. The van der Waals surface area contributed by atoms with Crippen LogP contribution in [0.15, 0.2) is 48.5 Å². The van der Waals surface area contributed by atoms with Crippen molar-refractivity contribution in [3.05, 3.63) is 70.8 Å². The molecule has 2 fully saturated rings. The lowest BCUT2D eigenvalue weighted by Crippen LogP contribution is -2.53. The molecule has 2 aromatic carbocycles. The van der Waals surface area contributed by atoms with E-state index >= 15 is 0 Å². The van der Waals surface area contributed by atoms with Gasteiger partial charge < -0.3 is 20.0 Å². The third-order valence-corrected chi connectivity index (χ3v) is 14.2. The molecular weight excluding hydrogens is 737 g/mol.